The lowest BCUT2D eigenvalue weighted by molar-refractivity contribution is -0.0251. The molecular weight excluding hydrogens is 174 g/mol. The molecule has 0 bridgehead atoms. The van der Waals surface area contributed by atoms with Crippen molar-refractivity contribution in [1.82, 2.24) is 4.90 Å². The molecule has 14 heavy (non-hydrogen) atoms. The third kappa shape index (κ3) is 2.12. The van der Waals surface area contributed by atoms with Crippen molar-refractivity contribution in [1.29, 1.82) is 0 Å². The normalized spacial score (nSPS) is 28.5. The van der Waals surface area contributed by atoms with E-state index in [-0.39, 0.29) is 0 Å². The van der Waals surface area contributed by atoms with Crippen LogP contribution >= 0.6 is 0 Å². The molecule has 0 N–H and O–H groups in total. The summed E-state index contributed by atoms with van der Waals surface area (Å²) < 4.78 is 5.46. The van der Waals surface area contributed by atoms with Gasteiger partial charge in [-0.15, -0.1) is 0 Å². The van der Waals surface area contributed by atoms with Crippen LogP contribution in [0.4, 0.5) is 0 Å². The number of hydrogen-bond acceptors (Lipinski definition) is 2. The Morgan fingerprint density at radius 1 is 1.00 bits per heavy atom. The van der Waals surface area contributed by atoms with E-state index in [1.807, 2.05) is 0 Å². The zero-order chi connectivity index (χ0) is 10.0. The summed E-state index contributed by atoms with van der Waals surface area (Å²) in [7, 11) is 0. The molecular formula is C12H23NO. The van der Waals surface area contributed by atoms with Gasteiger partial charge in [0.05, 0.1) is 0 Å². The van der Waals surface area contributed by atoms with Gasteiger partial charge in [-0.05, 0) is 58.0 Å². The second kappa shape index (κ2) is 4.19. The average molecular weight is 197 g/mol. The second-order valence-electron chi connectivity index (χ2n) is 5.24. The first-order chi connectivity index (χ1) is 6.72. The standard InChI is InChI=1S/C12H23NO/c1-11(2)13-7-3-12(4-8-13)5-9-14-10-6-12/h11H,3-10H2,1-2H3. The number of likely N-dealkylation sites (tertiary alicyclic amines) is 1. The lowest BCUT2D eigenvalue weighted by Gasteiger charge is -2.45. The molecule has 0 saturated carbocycles. The summed E-state index contributed by atoms with van der Waals surface area (Å²) in [6, 6.07) is 0.729. The van der Waals surface area contributed by atoms with Crippen LogP contribution in [-0.2, 0) is 4.74 Å². The van der Waals surface area contributed by atoms with E-state index >= 15 is 0 Å². The van der Waals surface area contributed by atoms with Gasteiger partial charge < -0.3 is 9.64 Å². The van der Waals surface area contributed by atoms with Crippen molar-refractivity contribution in [3.63, 3.8) is 0 Å². The van der Waals surface area contributed by atoms with Crippen LogP contribution in [-0.4, -0.2) is 37.2 Å². The molecule has 0 aromatic carbocycles. The lowest BCUT2D eigenvalue weighted by Crippen LogP contribution is -2.45. The van der Waals surface area contributed by atoms with Crippen molar-refractivity contribution in [2.75, 3.05) is 26.3 Å². The van der Waals surface area contributed by atoms with Gasteiger partial charge in [-0.3, -0.25) is 0 Å². The van der Waals surface area contributed by atoms with Crippen LogP contribution in [0.1, 0.15) is 39.5 Å². The highest BCUT2D eigenvalue weighted by Crippen LogP contribution is 2.40. The fourth-order valence-corrected chi connectivity index (χ4v) is 2.82. The van der Waals surface area contributed by atoms with Gasteiger partial charge in [0.25, 0.3) is 0 Å². The number of nitrogens with zero attached hydrogens (tertiary/aromatic N) is 1. The quantitative estimate of drug-likeness (QED) is 0.639. The molecule has 0 amide bonds. The molecule has 0 aliphatic carbocycles. The predicted molar refractivity (Wildman–Crippen MR) is 58.4 cm³/mol. The summed E-state index contributed by atoms with van der Waals surface area (Å²) in [5.74, 6) is 0. The molecule has 82 valence electrons. The maximum Gasteiger partial charge on any atom is 0.0471 e. The second-order valence-corrected chi connectivity index (χ2v) is 5.24. The fraction of sp³-hybridized carbons (Fsp3) is 1.00. The first kappa shape index (κ1) is 10.4. The Balaban J connectivity index is 1.87. The minimum Gasteiger partial charge on any atom is -0.381 e. The van der Waals surface area contributed by atoms with Crippen molar-refractivity contribution < 1.29 is 4.74 Å². The van der Waals surface area contributed by atoms with Crippen LogP contribution in [0.5, 0.6) is 0 Å². The Kier molecular flexibility index (Phi) is 3.13. The number of hydrogen-bond donors (Lipinski definition) is 0. The topological polar surface area (TPSA) is 12.5 Å². The van der Waals surface area contributed by atoms with Crippen molar-refractivity contribution in [3.8, 4) is 0 Å². The molecule has 2 nitrogen and oxygen atoms in total. The molecule has 2 fully saturated rings. The Bertz CT molecular complexity index is 175. The van der Waals surface area contributed by atoms with Crippen LogP contribution in [0, 0.1) is 5.41 Å². The van der Waals surface area contributed by atoms with E-state index in [2.05, 4.69) is 18.7 Å². The van der Waals surface area contributed by atoms with E-state index in [0.717, 1.165) is 19.3 Å². The summed E-state index contributed by atoms with van der Waals surface area (Å²) in [6.45, 7) is 9.22. The van der Waals surface area contributed by atoms with E-state index in [1.165, 1.54) is 38.8 Å². The number of rotatable bonds is 1. The van der Waals surface area contributed by atoms with Crippen molar-refractivity contribution >= 4 is 0 Å². The Morgan fingerprint density at radius 2 is 1.57 bits per heavy atom. The SMILES string of the molecule is CC(C)N1CCC2(CCOCC2)CC1. The molecule has 1 spiro atoms. The predicted octanol–water partition coefficient (Wildman–Crippen LogP) is 2.29. The van der Waals surface area contributed by atoms with E-state index in [0.29, 0.717) is 5.41 Å². The minimum atomic E-state index is 0.656. The first-order valence-electron chi connectivity index (χ1n) is 6.04. The molecule has 2 heteroatoms. The first-order valence-corrected chi connectivity index (χ1v) is 6.04. The van der Waals surface area contributed by atoms with E-state index in [4.69, 9.17) is 4.74 Å². The highest BCUT2D eigenvalue weighted by atomic mass is 16.5. The summed E-state index contributed by atoms with van der Waals surface area (Å²) in [4.78, 5) is 2.61. The van der Waals surface area contributed by atoms with Crippen molar-refractivity contribution in [2.24, 2.45) is 5.41 Å². The van der Waals surface area contributed by atoms with Gasteiger partial charge in [-0.25, -0.2) is 0 Å². The van der Waals surface area contributed by atoms with Gasteiger partial charge in [-0.2, -0.15) is 0 Å². The molecule has 2 rings (SSSR count). The van der Waals surface area contributed by atoms with Crippen molar-refractivity contribution in [2.45, 2.75) is 45.6 Å². The smallest absolute Gasteiger partial charge is 0.0471 e. The highest BCUT2D eigenvalue weighted by molar-refractivity contribution is 4.88. The molecule has 0 atom stereocenters. The van der Waals surface area contributed by atoms with E-state index in [9.17, 15) is 0 Å². The lowest BCUT2D eigenvalue weighted by atomic mass is 9.72. The molecule has 2 heterocycles. The highest BCUT2D eigenvalue weighted by Gasteiger charge is 2.36. The zero-order valence-electron chi connectivity index (χ0n) is 9.59. The van der Waals surface area contributed by atoms with Crippen LogP contribution < -0.4 is 0 Å². The summed E-state index contributed by atoms with van der Waals surface area (Å²) in [6.07, 6.45) is 5.40. The third-order valence-corrected chi connectivity index (χ3v) is 4.14. The maximum atomic E-state index is 5.46. The molecule has 0 aromatic heterocycles. The Morgan fingerprint density at radius 3 is 2.07 bits per heavy atom. The monoisotopic (exact) mass is 197 g/mol. The van der Waals surface area contributed by atoms with Crippen LogP contribution in [0.15, 0.2) is 0 Å². The molecule has 0 aromatic rings. The molecule has 0 unspecified atom stereocenters. The zero-order valence-corrected chi connectivity index (χ0v) is 9.59. The number of piperidine rings is 1. The largest absolute Gasteiger partial charge is 0.381 e. The van der Waals surface area contributed by atoms with E-state index in [1.54, 1.807) is 0 Å². The van der Waals surface area contributed by atoms with Gasteiger partial charge >= 0.3 is 0 Å². The van der Waals surface area contributed by atoms with Crippen LogP contribution in [0.3, 0.4) is 0 Å². The van der Waals surface area contributed by atoms with Gasteiger partial charge in [0.1, 0.15) is 0 Å². The fourth-order valence-electron chi connectivity index (χ4n) is 2.82. The average Bonchev–Trinajstić information content (AvgIpc) is 2.19. The summed E-state index contributed by atoms with van der Waals surface area (Å²) >= 11 is 0. The molecule has 2 saturated heterocycles. The van der Waals surface area contributed by atoms with E-state index < -0.39 is 0 Å². The minimum absolute atomic E-state index is 0.656. The van der Waals surface area contributed by atoms with Crippen LogP contribution in [0.2, 0.25) is 0 Å². The molecule has 0 radical (unpaired) electrons. The molecule has 2 aliphatic heterocycles. The molecule has 2 aliphatic rings. The summed E-state index contributed by atoms with van der Waals surface area (Å²) in [5, 5.41) is 0. The van der Waals surface area contributed by atoms with Gasteiger partial charge in [0, 0.05) is 19.3 Å². The Hall–Kier alpha value is -0.0800. The maximum absolute atomic E-state index is 5.46. The van der Waals surface area contributed by atoms with Gasteiger partial charge in [0.15, 0.2) is 0 Å². The van der Waals surface area contributed by atoms with Gasteiger partial charge in [-0.1, -0.05) is 0 Å². The number of ether oxygens (including phenoxy) is 1. The van der Waals surface area contributed by atoms with Crippen LogP contribution in [0.25, 0.3) is 0 Å². The summed E-state index contributed by atoms with van der Waals surface area (Å²) in [5.41, 5.74) is 0.656. The Labute approximate surface area is 87.6 Å². The van der Waals surface area contributed by atoms with Crippen molar-refractivity contribution in [3.05, 3.63) is 0 Å². The third-order valence-electron chi connectivity index (χ3n) is 4.14. The van der Waals surface area contributed by atoms with Gasteiger partial charge in [0.2, 0.25) is 0 Å².